The molecule has 0 amide bonds. The predicted octanol–water partition coefficient (Wildman–Crippen LogP) is 3.55. The molecular formula is C17H26Cl2IN3O2. The zero-order valence-corrected chi connectivity index (χ0v) is 18.4. The summed E-state index contributed by atoms with van der Waals surface area (Å²) in [6.45, 7) is 4.95. The number of aliphatic hydroxyl groups is 1. The van der Waals surface area contributed by atoms with Crippen molar-refractivity contribution in [2.24, 2.45) is 4.99 Å². The van der Waals surface area contributed by atoms with Gasteiger partial charge in [0.05, 0.1) is 22.2 Å². The monoisotopic (exact) mass is 501 g/mol. The van der Waals surface area contributed by atoms with Crippen LogP contribution in [0.2, 0.25) is 10.0 Å². The first-order chi connectivity index (χ1) is 11.4. The Kier molecular flexibility index (Phi) is 9.80. The molecule has 0 aromatic heterocycles. The van der Waals surface area contributed by atoms with Crippen LogP contribution in [0, 0.1) is 0 Å². The van der Waals surface area contributed by atoms with Gasteiger partial charge in [-0.2, -0.15) is 0 Å². The number of rotatable bonds is 5. The molecule has 1 fully saturated rings. The highest BCUT2D eigenvalue weighted by Crippen LogP contribution is 2.23. The molecule has 0 atom stereocenters. The standard InChI is InChI=1S/C17H25Cl2N3O2.HI/c1-3-20-16(21-12-17(23)6-8-24-9-7-17)22(2)11-13-4-5-14(18)15(19)10-13;/h4-5,10,23H,3,6-9,11-12H2,1-2H3,(H,20,21);1H. The fraction of sp³-hybridized carbons (Fsp3) is 0.588. The third-order valence-corrected chi connectivity index (χ3v) is 4.79. The molecule has 1 aliphatic heterocycles. The van der Waals surface area contributed by atoms with Crippen molar-refractivity contribution in [3.8, 4) is 0 Å². The first kappa shape index (κ1) is 22.8. The Labute approximate surface area is 176 Å². The van der Waals surface area contributed by atoms with Crippen LogP contribution in [0.3, 0.4) is 0 Å². The molecule has 1 heterocycles. The Bertz CT molecular complexity index is 581. The van der Waals surface area contributed by atoms with Crippen LogP contribution in [0.4, 0.5) is 0 Å². The smallest absolute Gasteiger partial charge is 0.194 e. The van der Waals surface area contributed by atoms with Crippen molar-refractivity contribution in [1.82, 2.24) is 10.2 Å². The summed E-state index contributed by atoms with van der Waals surface area (Å²) in [5.74, 6) is 0.753. The van der Waals surface area contributed by atoms with Gasteiger partial charge in [-0.05, 0) is 24.6 Å². The minimum atomic E-state index is -0.774. The van der Waals surface area contributed by atoms with Gasteiger partial charge in [0, 0.05) is 46.2 Å². The van der Waals surface area contributed by atoms with Crippen LogP contribution >= 0.6 is 47.2 Å². The Balaban J connectivity index is 0.00000312. The lowest BCUT2D eigenvalue weighted by Gasteiger charge is -2.31. The van der Waals surface area contributed by atoms with Crippen molar-refractivity contribution in [2.75, 3.05) is 33.4 Å². The molecule has 25 heavy (non-hydrogen) atoms. The van der Waals surface area contributed by atoms with E-state index in [-0.39, 0.29) is 24.0 Å². The molecule has 1 aliphatic rings. The molecule has 1 aromatic rings. The average molecular weight is 502 g/mol. The maximum atomic E-state index is 10.6. The van der Waals surface area contributed by atoms with Crippen molar-refractivity contribution < 1.29 is 9.84 Å². The number of aliphatic imine (C=N–C) groups is 1. The van der Waals surface area contributed by atoms with Crippen molar-refractivity contribution in [3.05, 3.63) is 33.8 Å². The second kappa shape index (κ2) is 10.8. The van der Waals surface area contributed by atoms with E-state index in [1.54, 1.807) is 6.07 Å². The van der Waals surface area contributed by atoms with Crippen LogP contribution in [0.1, 0.15) is 25.3 Å². The van der Waals surface area contributed by atoms with Crippen LogP contribution in [0.15, 0.2) is 23.2 Å². The van der Waals surface area contributed by atoms with Crippen LogP contribution < -0.4 is 5.32 Å². The number of hydrogen-bond donors (Lipinski definition) is 2. The highest BCUT2D eigenvalue weighted by molar-refractivity contribution is 14.0. The van der Waals surface area contributed by atoms with E-state index in [9.17, 15) is 5.11 Å². The molecule has 0 spiro atoms. The summed E-state index contributed by atoms with van der Waals surface area (Å²) in [5, 5.41) is 14.9. The van der Waals surface area contributed by atoms with Gasteiger partial charge in [-0.25, -0.2) is 0 Å². The maximum absolute atomic E-state index is 10.6. The Morgan fingerprint density at radius 2 is 2.00 bits per heavy atom. The van der Waals surface area contributed by atoms with Crippen molar-refractivity contribution in [3.63, 3.8) is 0 Å². The molecule has 8 heteroatoms. The minimum Gasteiger partial charge on any atom is -0.388 e. The fourth-order valence-corrected chi connectivity index (χ4v) is 2.91. The Morgan fingerprint density at radius 3 is 2.60 bits per heavy atom. The summed E-state index contributed by atoms with van der Waals surface area (Å²) in [5.41, 5.74) is 0.269. The van der Waals surface area contributed by atoms with Gasteiger partial charge < -0.3 is 20.1 Å². The molecule has 1 saturated heterocycles. The molecule has 1 aromatic carbocycles. The van der Waals surface area contributed by atoms with E-state index in [0.29, 0.717) is 49.2 Å². The van der Waals surface area contributed by atoms with E-state index in [1.807, 2.05) is 31.0 Å². The van der Waals surface area contributed by atoms with Crippen molar-refractivity contribution >= 4 is 53.1 Å². The molecule has 2 rings (SSSR count). The SMILES string of the molecule is CCNC(=NCC1(O)CCOCC1)N(C)Cc1ccc(Cl)c(Cl)c1.I. The molecule has 0 bridgehead atoms. The van der Waals surface area contributed by atoms with Gasteiger partial charge in [-0.1, -0.05) is 29.3 Å². The van der Waals surface area contributed by atoms with Crippen LogP contribution in [0.25, 0.3) is 0 Å². The minimum absolute atomic E-state index is 0. The topological polar surface area (TPSA) is 57.1 Å². The van der Waals surface area contributed by atoms with E-state index < -0.39 is 5.60 Å². The van der Waals surface area contributed by atoms with E-state index in [1.165, 1.54) is 0 Å². The molecule has 2 N–H and O–H groups in total. The summed E-state index contributed by atoms with van der Waals surface area (Å²) in [4.78, 5) is 6.62. The molecule has 0 unspecified atom stereocenters. The maximum Gasteiger partial charge on any atom is 0.194 e. The lowest BCUT2D eigenvalue weighted by atomic mass is 9.95. The normalized spacial score (nSPS) is 16.9. The van der Waals surface area contributed by atoms with Crippen molar-refractivity contribution in [2.45, 2.75) is 31.9 Å². The number of benzene rings is 1. The van der Waals surface area contributed by atoms with E-state index in [4.69, 9.17) is 27.9 Å². The molecule has 0 radical (unpaired) electrons. The largest absolute Gasteiger partial charge is 0.388 e. The summed E-state index contributed by atoms with van der Waals surface area (Å²) < 4.78 is 5.31. The van der Waals surface area contributed by atoms with Crippen LogP contribution in [-0.2, 0) is 11.3 Å². The highest BCUT2D eigenvalue weighted by atomic mass is 127. The average Bonchev–Trinajstić information content (AvgIpc) is 2.55. The molecule has 0 saturated carbocycles. The number of nitrogens with one attached hydrogen (secondary N) is 1. The molecular weight excluding hydrogens is 476 g/mol. The third kappa shape index (κ3) is 7.09. The quantitative estimate of drug-likeness (QED) is 0.368. The van der Waals surface area contributed by atoms with E-state index in [2.05, 4.69) is 10.3 Å². The summed E-state index contributed by atoms with van der Waals surface area (Å²) >= 11 is 12.0. The second-order valence-electron chi connectivity index (χ2n) is 6.11. The van der Waals surface area contributed by atoms with Gasteiger partial charge in [0.15, 0.2) is 5.96 Å². The summed E-state index contributed by atoms with van der Waals surface area (Å²) in [7, 11) is 1.96. The highest BCUT2D eigenvalue weighted by Gasteiger charge is 2.29. The van der Waals surface area contributed by atoms with Gasteiger partial charge in [0.2, 0.25) is 0 Å². The number of guanidine groups is 1. The molecule has 5 nitrogen and oxygen atoms in total. The van der Waals surface area contributed by atoms with Gasteiger partial charge in [0.1, 0.15) is 0 Å². The number of nitrogens with zero attached hydrogens (tertiary/aromatic N) is 2. The molecule has 0 aliphatic carbocycles. The lowest BCUT2D eigenvalue weighted by molar-refractivity contribution is -0.0566. The Morgan fingerprint density at radius 1 is 1.32 bits per heavy atom. The lowest BCUT2D eigenvalue weighted by Crippen LogP contribution is -2.43. The van der Waals surface area contributed by atoms with Gasteiger partial charge >= 0.3 is 0 Å². The zero-order valence-electron chi connectivity index (χ0n) is 14.6. The predicted molar refractivity (Wildman–Crippen MR) is 114 cm³/mol. The third-order valence-electron chi connectivity index (χ3n) is 4.05. The number of ether oxygens (including phenoxy) is 1. The van der Waals surface area contributed by atoms with Gasteiger partial charge in [-0.15, -0.1) is 24.0 Å². The first-order valence-corrected chi connectivity index (χ1v) is 8.92. The Hall–Kier alpha value is -0.280. The summed E-state index contributed by atoms with van der Waals surface area (Å²) in [6, 6.07) is 5.60. The summed E-state index contributed by atoms with van der Waals surface area (Å²) in [6.07, 6.45) is 1.23. The van der Waals surface area contributed by atoms with E-state index >= 15 is 0 Å². The molecule has 142 valence electrons. The van der Waals surface area contributed by atoms with Gasteiger partial charge in [-0.3, -0.25) is 4.99 Å². The second-order valence-corrected chi connectivity index (χ2v) is 6.93. The van der Waals surface area contributed by atoms with Crippen molar-refractivity contribution in [1.29, 1.82) is 0 Å². The fourth-order valence-electron chi connectivity index (χ4n) is 2.59. The van der Waals surface area contributed by atoms with E-state index in [0.717, 1.165) is 18.1 Å². The van der Waals surface area contributed by atoms with Crippen LogP contribution in [-0.4, -0.2) is 54.9 Å². The van der Waals surface area contributed by atoms with Gasteiger partial charge in [0.25, 0.3) is 0 Å². The first-order valence-electron chi connectivity index (χ1n) is 8.17. The number of hydrogen-bond acceptors (Lipinski definition) is 3. The number of halogens is 3. The zero-order chi connectivity index (χ0) is 17.6. The van der Waals surface area contributed by atoms with Crippen LogP contribution in [0.5, 0.6) is 0 Å².